The van der Waals surface area contributed by atoms with Crippen LogP contribution in [0.1, 0.15) is 30.4 Å². The minimum absolute atomic E-state index is 0.129. The second-order valence-corrected chi connectivity index (χ2v) is 9.90. The van der Waals surface area contributed by atoms with Crippen LogP contribution in [0.25, 0.3) is 0 Å². The molecule has 2 atom stereocenters. The van der Waals surface area contributed by atoms with E-state index in [1.54, 1.807) is 14.2 Å². The van der Waals surface area contributed by atoms with E-state index in [-0.39, 0.29) is 19.2 Å². The molecule has 0 aliphatic carbocycles. The van der Waals surface area contributed by atoms with Crippen LogP contribution in [0.2, 0.25) is 0 Å². The Morgan fingerprint density at radius 1 is 1.00 bits per heavy atom. The number of hydrogen-bond donors (Lipinski definition) is 1. The summed E-state index contributed by atoms with van der Waals surface area (Å²) in [5, 5.41) is 9.04. The van der Waals surface area contributed by atoms with Crippen molar-refractivity contribution in [3.8, 4) is 11.5 Å². The Morgan fingerprint density at radius 2 is 1.52 bits per heavy atom. The monoisotopic (exact) mass is 449 g/mol. The van der Waals surface area contributed by atoms with E-state index in [0.717, 1.165) is 24.0 Å². The molecule has 1 N–H and O–H groups in total. The van der Waals surface area contributed by atoms with Crippen LogP contribution in [0, 0.1) is 0 Å². The van der Waals surface area contributed by atoms with Gasteiger partial charge in [-0.2, -0.15) is 4.31 Å². The van der Waals surface area contributed by atoms with Gasteiger partial charge in [-0.15, -0.1) is 0 Å². The van der Waals surface area contributed by atoms with Gasteiger partial charge < -0.3 is 19.3 Å². The molecule has 170 valence electrons. The molecule has 0 amide bonds. The normalized spacial score (nSPS) is 17.6. The maximum absolute atomic E-state index is 13.6. The lowest BCUT2D eigenvalue weighted by molar-refractivity contribution is 0.0970. The Labute approximate surface area is 184 Å². The minimum Gasteiger partial charge on any atom is -0.497 e. The topological polar surface area (TPSA) is 85.3 Å². The van der Waals surface area contributed by atoms with Crippen LogP contribution in [0.5, 0.6) is 11.5 Å². The first-order valence-electron chi connectivity index (χ1n) is 10.4. The van der Waals surface area contributed by atoms with Gasteiger partial charge in [-0.25, -0.2) is 8.42 Å². The van der Waals surface area contributed by atoms with Crippen molar-refractivity contribution in [1.29, 1.82) is 0 Å². The highest BCUT2D eigenvalue weighted by molar-refractivity contribution is 7.89. The van der Waals surface area contributed by atoms with E-state index < -0.39 is 21.9 Å². The van der Waals surface area contributed by atoms with Crippen LogP contribution < -0.4 is 9.47 Å². The fraction of sp³-hybridized carbons (Fsp3) is 0.478. The third-order valence-electron chi connectivity index (χ3n) is 5.57. The standard InChI is InChI=1S/C23H31NO6S/c1-28-20-9-5-18(6-10-20)15-24(16-19-7-11-21(29-2)12-8-19)31(26,27)23(17-25)14-22-4-3-13-30-22/h5-12,22-23,25H,3-4,13-17H2,1-2H3/t22-,23-/m1/s1. The molecule has 3 rings (SSSR count). The lowest BCUT2D eigenvalue weighted by Crippen LogP contribution is -2.41. The number of benzene rings is 2. The van der Waals surface area contributed by atoms with Crippen molar-refractivity contribution in [1.82, 2.24) is 4.31 Å². The molecule has 1 fully saturated rings. The van der Waals surface area contributed by atoms with Gasteiger partial charge in [0.2, 0.25) is 10.0 Å². The lowest BCUT2D eigenvalue weighted by atomic mass is 10.1. The first-order valence-corrected chi connectivity index (χ1v) is 11.9. The molecule has 0 aromatic heterocycles. The smallest absolute Gasteiger partial charge is 0.219 e. The Morgan fingerprint density at radius 3 is 1.90 bits per heavy atom. The quantitative estimate of drug-likeness (QED) is 0.568. The van der Waals surface area contributed by atoms with Crippen LogP contribution in [-0.4, -0.2) is 56.6 Å². The van der Waals surface area contributed by atoms with E-state index in [2.05, 4.69) is 0 Å². The molecule has 31 heavy (non-hydrogen) atoms. The molecule has 2 aromatic rings. The molecule has 7 nitrogen and oxygen atoms in total. The van der Waals surface area contributed by atoms with Gasteiger partial charge in [0.05, 0.1) is 26.9 Å². The number of ether oxygens (including phenoxy) is 3. The Balaban J connectivity index is 1.85. The molecule has 0 spiro atoms. The predicted octanol–water partition coefficient (Wildman–Crippen LogP) is 2.97. The highest BCUT2D eigenvalue weighted by Gasteiger charge is 2.35. The average Bonchev–Trinajstić information content (AvgIpc) is 3.31. The van der Waals surface area contributed by atoms with Crippen molar-refractivity contribution >= 4 is 10.0 Å². The maximum atomic E-state index is 13.6. The van der Waals surface area contributed by atoms with Gasteiger partial charge in [0.1, 0.15) is 16.7 Å². The first-order chi connectivity index (χ1) is 15.0. The van der Waals surface area contributed by atoms with Crippen molar-refractivity contribution < 1.29 is 27.7 Å². The Hall–Kier alpha value is -2.13. The first kappa shape index (κ1) is 23.5. The van der Waals surface area contributed by atoms with Crippen LogP contribution in [0.15, 0.2) is 48.5 Å². The SMILES string of the molecule is COc1ccc(CN(Cc2ccc(OC)cc2)S(=O)(=O)[C@@H](CO)C[C@H]2CCCO2)cc1. The zero-order chi connectivity index (χ0) is 22.3. The van der Waals surface area contributed by atoms with E-state index in [0.29, 0.717) is 24.5 Å². The fourth-order valence-corrected chi connectivity index (χ4v) is 5.46. The summed E-state index contributed by atoms with van der Waals surface area (Å²) in [5.74, 6) is 1.42. The van der Waals surface area contributed by atoms with Gasteiger partial charge in [0.25, 0.3) is 0 Å². The molecule has 2 aromatic carbocycles. The molecule has 1 aliphatic rings. The largest absolute Gasteiger partial charge is 0.497 e. The third kappa shape index (κ3) is 6.20. The van der Waals surface area contributed by atoms with Crippen molar-refractivity contribution in [3.63, 3.8) is 0 Å². The van der Waals surface area contributed by atoms with E-state index in [1.165, 1.54) is 4.31 Å². The molecule has 0 unspecified atom stereocenters. The summed E-state index contributed by atoms with van der Waals surface area (Å²) >= 11 is 0. The highest BCUT2D eigenvalue weighted by atomic mass is 32.2. The molecule has 0 radical (unpaired) electrons. The van der Waals surface area contributed by atoms with E-state index in [1.807, 2.05) is 48.5 Å². The van der Waals surface area contributed by atoms with Gasteiger partial charge in [0, 0.05) is 19.7 Å². The van der Waals surface area contributed by atoms with E-state index >= 15 is 0 Å². The summed E-state index contributed by atoms with van der Waals surface area (Å²) in [7, 11) is -0.608. The summed E-state index contributed by atoms with van der Waals surface area (Å²) in [4.78, 5) is 0. The van der Waals surface area contributed by atoms with Crippen LogP contribution in [-0.2, 0) is 27.8 Å². The number of nitrogens with zero attached hydrogens (tertiary/aromatic N) is 1. The number of aliphatic hydroxyl groups excluding tert-OH is 1. The molecule has 8 heteroatoms. The molecule has 0 bridgehead atoms. The average molecular weight is 450 g/mol. The Bertz CT molecular complexity index is 859. The van der Waals surface area contributed by atoms with Gasteiger partial charge in [-0.1, -0.05) is 24.3 Å². The maximum Gasteiger partial charge on any atom is 0.219 e. The van der Waals surface area contributed by atoms with Crippen molar-refractivity contribution in [2.45, 2.75) is 43.7 Å². The predicted molar refractivity (Wildman–Crippen MR) is 119 cm³/mol. The second-order valence-electron chi connectivity index (χ2n) is 7.68. The van der Waals surface area contributed by atoms with Gasteiger partial charge >= 0.3 is 0 Å². The summed E-state index contributed by atoms with van der Waals surface area (Å²) in [5.41, 5.74) is 1.68. The second kappa shape index (κ2) is 10.9. The van der Waals surface area contributed by atoms with Gasteiger partial charge in [-0.05, 0) is 54.7 Å². The van der Waals surface area contributed by atoms with Gasteiger partial charge in [-0.3, -0.25) is 0 Å². The van der Waals surface area contributed by atoms with E-state index in [4.69, 9.17) is 14.2 Å². The summed E-state index contributed by atoms with van der Waals surface area (Å²) < 4.78 is 44.6. The van der Waals surface area contributed by atoms with Crippen molar-refractivity contribution in [3.05, 3.63) is 59.7 Å². The molecule has 0 saturated carbocycles. The number of sulfonamides is 1. The summed E-state index contributed by atoms with van der Waals surface area (Å²) in [6.45, 7) is 0.592. The number of rotatable bonds is 11. The molecule has 1 saturated heterocycles. The van der Waals surface area contributed by atoms with E-state index in [9.17, 15) is 13.5 Å². The number of methoxy groups -OCH3 is 2. The number of aliphatic hydroxyl groups is 1. The molecular formula is C23H31NO6S. The third-order valence-corrected chi connectivity index (χ3v) is 7.73. The fourth-order valence-electron chi connectivity index (χ4n) is 3.73. The summed E-state index contributed by atoms with van der Waals surface area (Å²) in [6, 6.07) is 14.6. The van der Waals surface area contributed by atoms with Crippen molar-refractivity contribution in [2.75, 3.05) is 27.4 Å². The van der Waals surface area contributed by atoms with Gasteiger partial charge in [0.15, 0.2) is 0 Å². The Kier molecular flexibility index (Phi) is 8.31. The van der Waals surface area contributed by atoms with Crippen molar-refractivity contribution in [2.24, 2.45) is 0 Å². The molecule has 1 heterocycles. The zero-order valence-electron chi connectivity index (χ0n) is 18.1. The van der Waals surface area contributed by atoms with Crippen LogP contribution in [0.4, 0.5) is 0 Å². The minimum atomic E-state index is -3.79. The van der Waals surface area contributed by atoms with Crippen LogP contribution >= 0.6 is 0 Å². The molecule has 1 aliphatic heterocycles. The summed E-state index contributed by atoms with van der Waals surface area (Å²) in [6.07, 6.45) is 1.91. The molecular weight excluding hydrogens is 418 g/mol. The highest BCUT2D eigenvalue weighted by Crippen LogP contribution is 2.25. The lowest BCUT2D eigenvalue weighted by Gasteiger charge is -2.28. The van der Waals surface area contributed by atoms with Crippen LogP contribution in [0.3, 0.4) is 0 Å². The number of hydrogen-bond acceptors (Lipinski definition) is 6. The zero-order valence-corrected chi connectivity index (χ0v) is 18.9.